The van der Waals surface area contributed by atoms with E-state index in [1.165, 1.54) is 43.2 Å². The average molecular weight is 297 g/mol. The Balaban J connectivity index is 1.97. The van der Waals surface area contributed by atoms with Crippen molar-refractivity contribution in [2.24, 2.45) is 0 Å². The predicted octanol–water partition coefficient (Wildman–Crippen LogP) is 4.78. The molecule has 0 aromatic heterocycles. The van der Waals surface area contributed by atoms with Crippen LogP contribution in [0.2, 0.25) is 0 Å². The Labute approximate surface area is 113 Å². The molecular formula is C15H21BrO. The summed E-state index contributed by atoms with van der Waals surface area (Å²) in [6, 6.07) is 8.69. The Morgan fingerprint density at radius 3 is 2.41 bits per heavy atom. The smallest absolute Gasteiger partial charge is 0.0925 e. The van der Waals surface area contributed by atoms with Crippen LogP contribution in [-0.4, -0.2) is 11.4 Å². The molecule has 0 spiro atoms. The van der Waals surface area contributed by atoms with Gasteiger partial charge in [-0.25, -0.2) is 0 Å². The molecule has 0 aliphatic heterocycles. The van der Waals surface area contributed by atoms with Gasteiger partial charge in [0.25, 0.3) is 0 Å². The molecule has 1 aliphatic rings. The van der Waals surface area contributed by atoms with Gasteiger partial charge in [0.1, 0.15) is 0 Å². The van der Waals surface area contributed by atoms with E-state index in [1.54, 1.807) is 0 Å². The van der Waals surface area contributed by atoms with Crippen molar-refractivity contribution >= 4 is 15.9 Å². The zero-order valence-electron chi connectivity index (χ0n) is 10.5. The van der Waals surface area contributed by atoms with E-state index < -0.39 is 0 Å². The number of aryl methyl sites for hydroxylation is 1. The van der Waals surface area contributed by atoms with Crippen molar-refractivity contribution < 1.29 is 4.74 Å². The Morgan fingerprint density at radius 1 is 1.18 bits per heavy atom. The van der Waals surface area contributed by atoms with Gasteiger partial charge in [0, 0.05) is 5.33 Å². The van der Waals surface area contributed by atoms with E-state index in [-0.39, 0.29) is 6.10 Å². The van der Waals surface area contributed by atoms with Crippen LogP contribution in [0, 0.1) is 6.92 Å². The molecule has 0 bridgehead atoms. The van der Waals surface area contributed by atoms with Crippen LogP contribution in [0.1, 0.15) is 49.3 Å². The third-order valence-corrected chi connectivity index (χ3v) is 4.09. The molecule has 0 radical (unpaired) electrons. The summed E-state index contributed by atoms with van der Waals surface area (Å²) in [5, 5.41) is 0.882. The summed E-state index contributed by atoms with van der Waals surface area (Å²) in [6.45, 7) is 2.12. The second kappa shape index (κ2) is 6.55. The van der Waals surface area contributed by atoms with Gasteiger partial charge in [-0.15, -0.1) is 0 Å². The minimum absolute atomic E-state index is 0.207. The van der Waals surface area contributed by atoms with Gasteiger partial charge in [-0.2, -0.15) is 0 Å². The molecule has 1 saturated carbocycles. The highest BCUT2D eigenvalue weighted by molar-refractivity contribution is 9.09. The molecule has 1 nitrogen and oxygen atoms in total. The van der Waals surface area contributed by atoms with Crippen molar-refractivity contribution in [3.05, 3.63) is 35.4 Å². The fourth-order valence-electron chi connectivity index (χ4n) is 2.42. The summed E-state index contributed by atoms with van der Waals surface area (Å²) in [6.07, 6.45) is 7.17. The maximum absolute atomic E-state index is 6.22. The number of halogens is 1. The lowest BCUT2D eigenvalue weighted by Gasteiger charge is -2.27. The molecule has 2 heteroatoms. The van der Waals surface area contributed by atoms with Gasteiger partial charge >= 0.3 is 0 Å². The summed E-state index contributed by atoms with van der Waals surface area (Å²) in [7, 11) is 0. The van der Waals surface area contributed by atoms with Crippen LogP contribution in [0.25, 0.3) is 0 Å². The van der Waals surface area contributed by atoms with Crippen molar-refractivity contribution in [1.29, 1.82) is 0 Å². The van der Waals surface area contributed by atoms with Crippen LogP contribution in [0.5, 0.6) is 0 Å². The van der Waals surface area contributed by atoms with E-state index in [1.807, 2.05) is 0 Å². The van der Waals surface area contributed by atoms with Gasteiger partial charge in [-0.3, -0.25) is 0 Å². The monoisotopic (exact) mass is 296 g/mol. The van der Waals surface area contributed by atoms with Crippen LogP contribution >= 0.6 is 15.9 Å². The number of alkyl halides is 1. The molecule has 1 aliphatic carbocycles. The summed E-state index contributed by atoms with van der Waals surface area (Å²) >= 11 is 3.57. The van der Waals surface area contributed by atoms with Crippen LogP contribution in [0.4, 0.5) is 0 Å². The van der Waals surface area contributed by atoms with Crippen molar-refractivity contribution in [1.82, 2.24) is 0 Å². The molecule has 1 aromatic carbocycles. The lowest BCUT2D eigenvalue weighted by molar-refractivity contribution is -0.0193. The second-order valence-corrected chi connectivity index (χ2v) is 5.60. The van der Waals surface area contributed by atoms with Gasteiger partial charge in [0.15, 0.2) is 0 Å². The van der Waals surface area contributed by atoms with Crippen molar-refractivity contribution in [2.75, 3.05) is 5.33 Å². The Hall–Kier alpha value is -0.340. The SMILES string of the molecule is Cc1ccc(C(CBr)OC2CCCCC2)cc1. The third-order valence-electron chi connectivity index (χ3n) is 3.50. The summed E-state index contributed by atoms with van der Waals surface area (Å²) < 4.78 is 6.22. The highest BCUT2D eigenvalue weighted by atomic mass is 79.9. The van der Waals surface area contributed by atoms with Gasteiger partial charge < -0.3 is 4.74 Å². The summed E-state index contributed by atoms with van der Waals surface area (Å²) in [4.78, 5) is 0. The fourth-order valence-corrected chi connectivity index (χ4v) is 2.95. The first-order valence-electron chi connectivity index (χ1n) is 6.57. The molecule has 1 aromatic rings. The largest absolute Gasteiger partial charge is 0.369 e. The molecule has 0 amide bonds. The summed E-state index contributed by atoms with van der Waals surface area (Å²) in [5.41, 5.74) is 2.60. The van der Waals surface area contributed by atoms with E-state index in [9.17, 15) is 0 Å². The van der Waals surface area contributed by atoms with Crippen LogP contribution in [-0.2, 0) is 4.74 Å². The Morgan fingerprint density at radius 2 is 1.82 bits per heavy atom. The molecule has 2 rings (SSSR count). The zero-order chi connectivity index (χ0) is 12.1. The van der Waals surface area contributed by atoms with E-state index in [0.29, 0.717) is 6.10 Å². The van der Waals surface area contributed by atoms with Crippen molar-refractivity contribution in [3.8, 4) is 0 Å². The second-order valence-electron chi connectivity index (χ2n) is 4.95. The maximum Gasteiger partial charge on any atom is 0.0925 e. The van der Waals surface area contributed by atoms with Crippen LogP contribution in [0.15, 0.2) is 24.3 Å². The molecule has 0 heterocycles. The quantitative estimate of drug-likeness (QED) is 0.727. The van der Waals surface area contributed by atoms with Crippen LogP contribution < -0.4 is 0 Å². The number of rotatable bonds is 4. The average Bonchev–Trinajstić information content (AvgIpc) is 2.38. The van der Waals surface area contributed by atoms with Gasteiger partial charge in [0.2, 0.25) is 0 Å². The topological polar surface area (TPSA) is 9.23 Å². The molecule has 17 heavy (non-hydrogen) atoms. The Kier molecular flexibility index (Phi) is 5.05. The molecular weight excluding hydrogens is 276 g/mol. The van der Waals surface area contributed by atoms with E-state index in [4.69, 9.17) is 4.74 Å². The normalized spacial score (nSPS) is 19.2. The molecule has 1 unspecified atom stereocenters. The lowest BCUT2D eigenvalue weighted by Crippen LogP contribution is -2.20. The van der Waals surface area contributed by atoms with Gasteiger partial charge in [-0.05, 0) is 25.3 Å². The van der Waals surface area contributed by atoms with Gasteiger partial charge in [-0.1, -0.05) is 65.0 Å². The first kappa shape index (κ1) is 13.1. The highest BCUT2D eigenvalue weighted by Crippen LogP contribution is 2.28. The number of benzene rings is 1. The molecule has 1 atom stereocenters. The Bertz CT molecular complexity index is 327. The first-order valence-corrected chi connectivity index (χ1v) is 7.69. The fraction of sp³-hybridized carbons (Fsp3) is 0.600. The molecule has 1 fully saturated rings. The molecule has 0 N–H and O–H groups in total. The van der Waals surface area contributed by atoms with Gasteiger partial charge in [0.05, 0.1) is 12.2 Å². The summed E-state index contributed by atoms with van der Waals surface area (Å²) in [5.74, 6) is 0. The van der Waals surface area contributed by atoms with Crippen molar-refractivity contribution in [2.45, 2.75) is 51.2 Å². The number of hydrogen-bond donors (Lipinski definition) is 0. The number of ether oxygens (including phenoxy) is 1. The standard InChI is InChI=1S/C15H21BrO/c1-12-7-9-13(10-8-12)15(11-16)17-14-5-3-2-4-6-14/h7-10,14-15H,2-6,11H2,1H3. The number of hydrogen-bond acceptors (Lipinski definition) is 1. The third kappa shape index (κ3) is 3.82. The predicted molar refractivity (Wildman–Crippen MR) is 75.7 cm³/mol. The highest BCUT2D eigenvalue weighted by Gasteiger charge is 2.19. The molecule has 94 valence electrons. The van der Waals surface area contributed by atoms with E-state index >= 15 is 0 Å². The van der Waals surface area contributed by atoms with Crippen LogP contribution in [0.3, 0.4) is 0 Å². The first-order chi connectivity index (χ1) is 8.29. The molecule has 0 saturated heterocycles. The van der Waals surface area contributed by atoms with E-state index in [0.717, 1.165) is 5.33 Å². The van der Waals surface area contributed by atoms with E-state index in [2.05, 4.69) is 47.1 Å². The lowest BCUT2D eigenvalue weighted by atomic mass is 9.97. The minimum Gasteiger partial charge on any atom is -0.369 e. The maximum atomic E-state index is 6.22. The van der Waals surface area contributed by atoms with Crippen molar-refractivity contribution in [3.63, 3.8) is 0 Å². The minimum atomic E-state index is 0.207. The zero-order valence-corrected chi connectivity index (χ0v) is 12.1.